The van der Waals surface area contributed by atoms with Gasteiger partial charge in [-0.1, -0.05) is 72.8 Å². The summed E-state index contributed by atoms with van der Waals surface area (Å²) in [4.78, 5) is 0. The largest absolute Gasteiger partial charge is 0.494 e. The van der Waals surface area contributed by atoms with Crippen molar-refractivity contribution in [2.45, 2.75) is 38.9 Å². The Kier molecular flexibility index (Phi) is 3.84. The van der Waals surface area contributed by atoms with E-state index in [1.54, 1.807) is 0 Å². The standard InChI is InChI=1S/C28H25BO2/c1-27(2)28(3,4)31-29(30-27)21-11-5-10-19(16-21)20-14-15-22-23-12-6-8-18-9-7-13-24(26(18)23)25(22)17-20/h5-17H,1-4H3. The number of rotatable bonds is 2. The van der Waals surface area contributed by atoms with Crippen molar-refractivity contribution >= 4 is 23.4 Å². The third-order valence-electron chi connectivity index (χ3n) is 7.25. The second-order valence-corrected chi connectivity index (χ2v) is 9.68. The van der Waals surface area contributed by atoms with Gasteiger partial charge in [-0.15, -0.1) is 0 Å². The van der Waals surface area contributed by atoms with Gasteiger partial charge in [-0.25, -0.2) is 0 Å². The summed E-state index contributed by atoms with van der Waals surface area (Å²) in [5, 5.41) is 2.67. The molecule has 0 radical (unpaired) electrons. The molecule has 1 aliphatic heterocycles. The molecule has 4 aromatic carbocycles. The van der Waals surface area contributed by atoms with Gasteiger partial charge in [-0.05, 0) is 83.4 Å². The summed E-state index contributed by atoms with van der Waals surface area (Å²) < 4.78 is 12.5. The van der Waals surface area contributed by atoms with Gasteiger partial charge in [0.1, 0.15) is 0 Å². The lowest BCUT2D eigenvalue weighted by Gasteiger charge is -2.32. The minimum atomic E-state index is -0.350. The van der Waals surface area contributed by atoms with Crippen molar-refractivity contribution in [3.05, 3.63) is 78.9 Å². The first-order valence-corrected chi connectivity index (χ1v) is 11.0. The number of benzene rings is 4. The van der Waals surface area contributed by atoms with E-state index in [-0.39, 0.29) is 18.3 Å². The molecular weight excluding hydrogens is 379 g/mol. The Labute approximate surface area is 184 Å². The Morgan fingerprint density at radius 2 is 1.19 bits per heavy atom. The van der Waals surface area contributed by atoms with Crippen LogP contribution < -0.4 is 5.46 Å². The number of hydrogen-bond donors (Lipinski definition) is 0. The van der Waals surface area contributed by atoms with Crippen molar-refractivity contribution in [2.75, 3.05) is 0 Å². The molecule has 1 aliphatic carbocycles. The van der Waals surface area contributed by atoms with E-state index in [1.807, 2.05) is 0 Å². The number of fused-ring (bicyclic) bond motifs is 3. The lowest BCUT2D eigenvalue weighted by atomic mass is 9.78. The first kappa shape index (κ1) is 18.9. The van der Waals surface area contributed by atoms with E-state index in [4.69, 9.17) is 9.31 Å². The summed E-state index contributed by atoms with van der Waals surface area (Å²) in [6.07, 6.45) is 0. The van der Waals surface area contributed by atoms with E-state index in [2.05, 4.69) is 107 Å². The zero-order valence-corrected chi connectivity index (χ0v) is 18.4. The van der Waals surface area contributed by atoms with Crippen molar-refractivity contribution in [3.63, 3.8) is 0 Å². The Morgan fingerprint density at radius 1 is 0.581 bits per heavy atom. The lowest BCUT2D eigenvalue weighted by molar-refractivity contribution is 0.00578. The average Bonchev–Trinajstić information content (AvgIpc) is 3.20. The fourth-order valence-corrected chi connectivity index (χ4v) is 4.82. The quantitative estimate of drug-likeness (QED) is 0.315. The first-order valence-electron chi connectivity index (χ1n) is 11.0. The van der Waals surface area contributed by atoms with Gasteiger partial charge in [-0.3, -0.25) is 0 Å². The fourth-order valence-electron chi connectivity index (χ4n) is 4.82. The molecule has 1 fully saturated rings. The molecule has 152 valence electrons. The summed E-state index contributed by atoms with van der Waals surface area (Å²) in [6.45, 7) is 8.37. The van der Waals surface area contributed by atoms with Crippen LogP contribution in [0.1, 0.15) is 27.7 Å². The molecule has 1 heterocycles. The smallest absolute Gasteiger partial charge is 0.399 e. The van der Waals surface area contributed by atoms with Crippen molar-refractivity contribution < 1.29 is 9.31 Å². The van der Waals surface area contributed by atoms with Gasteiger partial charge in [0, 0.05) is 0 Å². The van der Waals surface area contributed by atoms with Crippen LogP contribution in [0.2, 0.25) is 0 Å². The van der Waals surface area contributed by atoms with E-state index in [1.165, 1.54) is 44.2 Å². The molecule has 2 nitrogen and oxygen atoms in total. The highest BCUT2D eigenvalue weighted by Crippen LogP contribution is 2.48. The van der Waals surface area contributed by atoms with E-state index in [9.17, 15) is 0 Å². The zero-order chi connectivity index (χ0) is 21.4. The predicted molar refractivity (Wildman–Crippen MR) is 130 cm³/mol. The summed E-state index contributed by atoms with van der Waals surface area (Å²) >= 11 is 0. The van der Waals surface area contributed by atoms with E-state index >= 15 is 0 Å². The van der Waals surface area contributed by atoms with Crippen molar-refractivity contribution in [3.8, 4) is 33.4 Å². The minimum absolute atomic E-state index is 0.342. The highest BCUT2D eigenvalue weighted by atomic mass is 16.7. The minimum Gasteiger partial charge on any atom is -0.399 e. The highest BCUT2D eigenvalue weighted by Gasteiger charge is 2.51. The Bertz CT molecular complexity index is 1330. The SMILES string of the molecule is CC1(C)OB(c2cccc(-c3ccc4c(c3)-c3cccc5cccc-4c35)c2)OC1(C)C. The van der Waals surface area contributed by atoms with Gasteiger partial charge in [0.2, 0.25) is 0 Å². The second kappa shape index (κ2) is 6.32. The maximum Gasteiger partial charge on any atom is 0.494 e. The van der Waals surface area contributed by atoms with Crippen LogP contribution in [0.3, 0.4) is 0 Å². The van der Waals surface area contributed by atoms with Crippen LogP contribution in [0.15, 0.2) is 78.9 Å². The van der Waals surface area contributed by atoms with Gasteiger partial charge in [-0.2, -0.15) is 0 Å². The molecule has 0 saturated carbocycles. The summed E-state index contributed by atoms with van der Waals surface area (Å²) in [5.41, 5.74) is 8.05. The molecule has 0 atom stereocenters. The molecule has 4 aromatic rings. The molecule has 31 heavy (non-hydrogen) atoms. The topological polar surface area (TPSA) is 18.5 Å². The monoisotopic (exact) mass is 404 g/mol. The molecule has 6 rings (SSSR count). The zero-order valence-electron chi connectivity index (χ0n) is 18.4. The van der Waals surface area contributed by atoms with Crippen LogP contribution in [-0.2, 0) is 9.31 Å². The molecule has 3 heteroatoms. The Hall–Kier alpha value is -2.88. The Morgan fingerprint density at radius 3 is 1.90 bits per heavy atom. The van der Waals surface area contributed by atoms with Gasteiger partial charge in [0.15, 0.2) is 0 Å². The third kappa shape index (κ3) is 2.73. The second-order valence-electron chi connectivity index (χ2n) is 9.68. The third-order valence-corrected chi connectivity index (χ3v) is 7.25. The maximum atomic E-state index is 6.27. The molecule has 2 aliphatic rings. The van der Waals surface area contributed by atoms with E-state index < -0.39 is 0 Å². The van der Waals surface area contributed by atoms with Crippen LogP contribution in [0.25, 0.3) is 44.2 Å². The Balaban J connectivity index is 1.42. The van der Waals surface area contributed by atoms with Gasteiger partial charge >= 0.3 is 7.12 Å². The molecule has 1 saturated heterocycles. The molecule has 0 unspecified atom stereocenters. The summed E-state index contributed by atoms with van der Waals surface area (Å²) in [6, 6.07) is 28.5. The lowest BCUT2D eigenvalue weighted by Crippen LogP contribution is -2.41. The van der Waals surface area contributed by atoms with E-state index in [0.717, 1.165) is 5.46 Å². The van der Waals surface area contributed by atoms with Gasteiger partial charge in [0.05, 0.1) is 11.2 Å². The van der Waals surface area contributed by atoms with Gasteiger partial charge in [0.25, 0.3) is 0 Å². The predicted octanol–water partition coefficient (Wildman–Crippen LogP) is 6.45. The highest BCUT2D eigenvalue weighted by molar-refractivity contribution is 6.62. The summed E-state index contributed by atoms with van der Waals surface area (Å²) in [7, 11) is -0.350. The molecule has 0 bridgehead atoms. The van der Waals surface area contributed by atoms with Crippen LogP contribution >= 0.6 is 0 Å². The van der Waals surface area contributed by atoms with Gasteiger partial charge < -0.3 is 9.31 Å². The molecule has 0 N–H and O–H groups in total. The van der Waals surface area contributed by atoms with E-state index in [0.29, 0.717) is 0 Å². The number of hydrogen-bond acceptors (Lipinski definition) is 2. The van der Waals surface area contributed by atoms with Crippen molar-refractivity contribution in [1.29, 1.82) is 0 Å². The van der Waals surface area contributed by atoms with Crippen LogP contribution in [0.4, 0.5) is 0 Å². The molecule has 0 aromatic heterocycles. The normalized spacial score (nSPS) is 17.9. The molecular formula is C28H25BO2. The van der Waals surface area contributed by atoms with Crippen LogP contribution in [0.5, 0.6) is 0 Å². The first-order chi connectivity index (χ1) is 14.8. The van der Waals surface area contributed by atoms with Crippen molar-refractivity contribution in [2.24, 2.45) is 0 Å². The van der Waals surface area contributed by atoms with Crippen LogP contribution in [-0.4, -0.2) is 18.3 Å². The molecule has 0 amide bonds. The van der Waals surface area contributed by atoms with Crippen molar-refractivity contribution in [1.82, 2.24) is 0 Å². The van der Waals surface area contributed by atoms with Crippen LogP contribution in [0, 0.1) is 0 Å². The maximum absolute atomic E-state index is 6.27. The molecule has 0 spiro atoms. The fraction of sp³-hybridized carbons (Fsp3) is 0.214. The summed E-state index contributed by atoms with van der Waals surface area (Å²) in [5.74, 6) is 0. The average molecular weight is 404 g/mol.